The number of amides is 3. The molecule has 0 spiro atoms. The van der Waals surface area contributed by atoms with Crippen molar-refractivity contribution in [2.75, 3.05) is 18.4 Å². The van der Waals surface area contributed by atoms with Crippen molar-refractivity contribution in [1.29, 1.82) is 0 Å². The Bertz CT molecular complexity index is 1550. The van der Waals surface area contributed by atoms with E-state index in [9.17, 15) is 9.59 Å². The molecule has 0 radical (unpaired) electrons. The normalized spacial score (nSPS) is 22.9. The summed E-state index contributed by atoms with van der Waals surface area (Å²) in [5.74, 6) is 1.15. The number of H-pyrrole nitrogens is 1. The molecule has 4 aliphatic rings. The number of nitrogens with zero attached hydrogens (tertiary/aromatic N) is 4. The Morgan fingerprint density at radius 2 is 1.90 bits per heavy atom. The number of hydrogen-bond acceptors (Lipinski definition) is 5. The van der Waals surface area contributed by atoms with Gasteiger partial charge < -0.3 is 25.5 Å². The highest BCUT2D eigenvalue weighted by atomic mass is 16.2. The molecule has 1 saturated heterocycles. The lowest BCUT2D eigenvalue weighted by atomic mass is 9.84. The number of imidazole rings is 1. The number of aromatic amines is 1. The van der Waals surface area contributed by atoms with E-state index in [1.807, 2.05) is 58.5 Å². The highest BCUT2D eigenvalue weighted by Crippen LogP contribution is 2.34. The lowest BCUT2D eigenvalue weighted by molar-refractivity contribution is -0.133. The second-order valence-electron chi connectivity index (χ2n) is 11.7. The zero-order valence-corrected chi connectivity index (χ0v) is 23.2. The van der Waals surface area contributed by atoms with E-state index in [-0.39, 0.29) is 35.9 Å². The van der Waals surface area contributed by atoms with Gasteiger partial charge in [-0.1, -0.05) is 48.1 Å². The number of rotatable bonds is 6. The predicted molar refractivity (Wildman–Crippen MR) is 159 cm³/mol. The van der Waals surface area contributed by atoms with Gasteiger partial charge in [0, 0.05) is 55.8 Å². The number of piperidine rings is 1. The van der Waals surface area contributed by atoms with E-state index >= 15 is 0 Å². The number of allylic oxidation sites excluding steroid dienone is 2. The Kier molecular flexibility index (Phi) is 6.57. The number of fused-ring (bicyclic) bond motifs is 3. The van der Waals surface area contributed by atoms with E-state index in [0.29, 0.717) is 26.1 Å². The first-order valence-electron chi connectivity index (χ1n) is 14.6. The first kappa shape index (κ1) is 25.6. The first-order valence-corrected chi connectivity index (χ1v) is 14.6. The van der Waals surface area contributed by atoms with Crippen molar-refractivity contribution in [2.45, 2.75) is 57.2 Å². The maximum Gasteiger partial charge on any atom is 0.322 e. The molecule has 1 aliphatic carbocycles. The third-order valence-corrected chi connectivity index (χ3v) is 8.97. The van der Waals surface area contributed by atoms with Crippen LogP contribution in [0.1, 0.15) is 49.9 Å². The van der Waals surface area contributed by atoms with Gasteiger partial charge in [-0.25, -0.2) is 9.78 Å². The summed E-state index contributed by atoms with van der Waals surface area (Å²) in [7, 11) is 0. The smallest absolute Gasteiger partial charge is 0.322 e. The van der Waals surface area contributed by atoms with E-state index in [2.05, 4.69) is 46.0 Å². The van der Waals surface area contributed by atoms with Gasteiger partial charge in [0.15, 0.2) is 0 Å². The lowest BCUT2D eigenvalue weighted by Crippen LogP contribution is -2.51. The average molecular weight is 550 g/mol. The van der Waals surface area contributed by atoms with Crippen molar-refractivity contribution in [2.24, 2.45) is 11.0 Å². The van der Waals surface area contributed by atoms with Crippen LogP contribution in [0.25, 0.3) is 11.0 Å². The number of hydrazone groups is 1. The zero-order valence-electron chi connectivity index (χ0n) is 23.2. The van der Waals surface area contributed by atoms with Gasteiger partial charge in [-0.2, -0.15) is 5.10 Å². The molecule has 3 atom stereocenters. The fourth-order valence-corrected chi connectivity index (χ4v) is 6.73. The topological polar surface area (TPSA) is 106 Å². The first-order chi connectivity index (χ1) is 20.0. The van der Waals surface area contributed by atoms with Gasteiger partial charge in [-0.15, -0.1) is 0 Å². The number of urea groups is 1. The third kappa shape index (κ3) is 5.01. The van der Waals surface area contributed by atoms with E-state index in [1.54, 1.807) is 0 Å². The number of aromatic nitrogens is 2. The summed E-state index contributed by atoms with van der Waals surface area (Å²) in [5, 5.41) is 7.30. The van der Waals surface area contributed by atoms with Gasteiger partial charge in [0.25, 0.3) is 0 Å². The van der Waals surface area contributed by atoms with Crippen molar-refractivity contribution in [1.82, 2.24) is 25.2 Å². The fraction of sp³-hybridized carbons (Fsp3) is 0.375. The molecule has 2 aromatic carbocycles. The van der Waals surface area contributed by atoms with Gasteiger partial charge in [0.05, 0.1) is 17.1 Å². The molecule has 0 saturated carbocycles. The van der Waals surface area contributed by atoms with Crippen LogP contribution in [0.3, 0.4) is 0 Å². The Morgan fingerprint density at radius 1 is 1.10 bits per heavy atom. The van der Waals surface area contributed by atoms with E-state index in [0.717, 1.165) is 47.4 Å². The van der Waals surface area contributed by atoms with Gasteiger partial charge >= 0.3 is 6.03 Å². The van der Waals surface area contributed by atoms with Crippen LogP contribution in [-0.4, -0.2) is 63.1 Å². The number of anilines is 1. The average Bonchev–Trinajstić information content (AvgIpc) is 3.64. The standard InChI is InChI=1S/C32H35N7O2/c1-20-14-21(16-24-18-33-37-30(20)24)15-23(31-34-27-8-4-5-9-28(27)35-31)17-29(40)38-12-10-25(11-13-38)39-19-22-6-2-3-7-26(22)36-32(39)41/h2-9,14,16,18,23-25,30,37H,10-13,15,17,19H2,1H3,(H,34,35)(H,36,41). The second-order valence-corrected chi connectivity index (χ2v) is 11.7. The quantitative estimate of drug-likeness (QED) is 0.406. The Morgan fingerprint density at radius 3 is 2.76 bits per heavy atom. The minimum atomic E-state index is -0.0739. The summed E-state index contributed by atoms with van der Waals surface area (Å²) in [6.45, 7) is 4.04. The van der Waals surface area contributed by atoms with Crippen LogP contribution in [0.15, 0.2) is 76.9 Å². The van der Waals surface area contributed by atoms with Crippen LogP contribution in [0.2, 0.25) is 0 Å². The largest absolute Gasteiger partial charge is 0.343 e. The van der Waals surface area contributed by atoms with Crippen LogP contribution in [0.5, 0.6) is 0 Å². The minimum absolute atomic E-state index is 0.0488. The van der Waals surface area contributed by atoms with Gasteiger partial charge in [-0.3, -0.25) is 4.79 Å². The highest BCUT2D eigenvalue weighted by Gasteiger charge is 2.34. The molecule has 3 aromatic rings. The second kappa shape index (κ2) is 10.5. The summed E-state index contributed by atoms with van der Waals surface area (Å²) in [5.41, 5.74) is 9.58. The highest BCUT2D eigenvalue weighted by molar-refractivity contribution is 5.92. The molecule has 0 bridgehead atoms. The van der Waals surface area contributed by atoms with Crippen molar-refractivity contribution in [3.05, 3.63) is 83.2 Å². The summed E-state index contributed by atoms with van der Waals surface area (Å²) >= 11 is 0. The lowest BCUT2D eigenvalue weighted by Gasteiger charge is -2.40. The van der Waals surface area contributed by atoms with Crippen molar-refractivity contribution >= 4 is 34.9 Å². The summed E-state index contributed by atoms with van der Waals surface area (Å²) in [6, 6.07) is 16.3. The van der Waals surface area contributed by atoms with Crippen molar-refractivity contribution in [3.63, 3.8) is 0 Å². The number of nitrogens with one attached hydrogen (secondary N) is 3. The molecule has 3 amide bonds. The number of likely N-dealkylation sites (tertiary alicyclic amines) is 1. The van der Waals surface area contributed by atoms with Crippen molar-refractivity contribution in [3.8, 4) is 0 Å². The van der Waals surface area contributed by atoms with E-state index in [1.165, 1.54) is 11.1 Å². The van der Waals surface area contributed by atoms with Crippen LogP contribution in [0.4, 0.5) is 10.5 Å². The number of benzene rings is 2. The van der Waals surface area contributed by atoms with E-state index < -0.39 is 0 Å². The minimum Gasteiger partial charge on any atom is -0.343 e. The summed E-state index contributed by atoms with van der Waals surface area (Å²) in [6.07, 6.45) is 9.13. The van der Waals surface area contributed by atoms with Crippen LogP contribution < -0.4 is 10.7 Å². The monoisotopic (exact) mass is 549 g/mol. The molecular formula is C32H35N7O2. The number of carbonyl (C=O) groups excluding carboxylic acids is 2. The molecule has 9 heteroatoms. The molecule has 7 rings (SSSR count). The number of hydrogen-bond donors (Lipinski definition) is 3. The third-order valence-electron chi connectivity index (χ3n) is 8.97. The number of carbonyl (C=O) groups is 2. The SMILES string of the molecule is CC1=CC(CC(CC(=O)N2CCC(N3Cc4ccccc4NC3=O)CC2)c2nc3ccccc3[nH]2)=CC2C=NNC12. The molecule has 3 unspecified atom stereocenters. The molecule has 1 fully saturated rings. The van der Waals surface area contributed by atoms with Crippen LogP contribution >= 0.6 is 0 Å². The molecule has 41 heavy (non-hydrogen) atoms. The summed E-state index contributed by atoms with van der Waals surface area (Å²) < 4.78 is 0. The fourth-order valence-electron chi connectivity index (χ4n) is 6.73. The Hall–Kier alpha value is -4.40. The molecule has 3 aliphatic heterocycles. The molecular weight excluding hydrogens is 514 g/mol. The molecule has 9 nitrogen and oxygen atoms in total. The predicted octanol–water partition coefficient (Wildman–Crippen LogP) is 4.93. The molecule has 1 aromatic heterocycles. The Labute approximate surface area is 239 Å². The molecule has 4 heterocycles. The number of para-hydroxylation sites is 3. The maximum atomic E-state index is 13.7. The zero-order chi connectivity index (χ0) is 27.9. The molecule has 210 valence electrons. The van der Waals surface area contributed by atoms with Gasteiger partial charge in [0.1, 0.15) is 5.82 Å². The Balaban J connectivity index is 1.05. The van der Waals surface area contributed by atoms with E-state index in [4.69, 9.17) is 4.98 Å². The maximum absolute atomic E-state index is 13.7. The summed E-state index contributed by atoms with van der Waals surface area (Å²) in [4.78, 5) is 38.9. The molecule has 3 N–H and O–H groups in total. The van der Waals surface area contributed by atoms with Gasteiger partial charge in [-0.05, 0) is 55.5 Å². The van der Waals surface area contributed by atoms with Gasteiger partial charge in [0.2, 0.25) is 5.91 Å². The van der Waals surface area contributed by atoms with Crippen LogP contribution in [-0.2, 0) is 11.3 Å². The van der Waals surface area contributed by atoms with Crippen molar-refractivity contribution < 1.29 is 9.59 Å². The van der Waals surface area contributed by atoms with Crippen LogP contribution in [0, 0.1) is 5.92 Å².